The summed E-state index contributed by atoms with van der Waals surface area (Å²) in [5.41, 5.74) is 11.7. The lowest BCUT2D eigenvalue weighted by Crippen LogP contribution is -1.99. The van der Waals surface area contributed by atoms with E-state index in [1.165, 1.54) is 33.1 Å². The van der Waals surface area contributed by atoms with Crippen LogP contribution >= 0.6 is 0 Å². The molecule has 3 N–H and O–H groups in total. The van der Waals surface area contributed by atoms with Gasteiger partial charge in [0.25, 0.3) is 0 Å². The number of fused-ring (bicyclic) bond motifs is 2. The fourth-order valence-electron chi connectivity index (χ4n) is 3.46. The zero-order chi connectivity index (χ0) is 16.4. The molecule has 4 aromatic rings. The summed E-state index contributed by atoms with van der Waals surface area (Å²) in [4.78, 5) is 8.14. The number of para-hydroxylation sites is 1. The zero-order valence-electron chi connectivity index (χ0n) is 13.6. The van der Waals surface area contributed by atoms with E-state index < -0.39 is 0 Å². The molecule has 0 saturated heterocycles. The Labute approximate surface area is 141 Å². The Balaban J connectivity index is 1.93. The van der Waals surface area contributed by atoms with Crippen LogP contribution in [0.2, 0.25) is 0 Å². The van der Waals surface area contributed by atoms with Crippen molar-refractivity contribution >= 4 is 21.8 Å². The smallest absolute Gasteiger partial charge is 0.0708 e. The average molecular weight is 315 g/mol. The van der Waals surface area contributed by atoms with E-state index in [1.807, 2.05) is 12.3 Å². The lowest BCUT2D eigenvalue weighted by atomic mass is 9.98. The summed E-state index contributed by atoms with van der Waals surface area (Å²) in [6.45, 7) is 0.746. The molecule has 0 unspecified atom stereocenters. The second kappa shape index (κ2) is 6.46. The molecule has 0 amide bonds. The summed E-state index contributed by atoms with van der Waals surface area (Å²) in [6.07, 6.45) is 5.04. The number of aromatic nitrogens is 2. The number of benzene rings is 2. The number of nitrogens with one attached hydrogen (secondary N) is 1. The minimum Gasteiger partial charge on any atom is -0.354 e. The molecule has 0 spiro atoms. The number of unbranched alkanes of at least 4 members (excludes halogenated alkanes) is 1. The van der Waals surface area contributed by atoms with Crippen LogP contribution < -0.4 is 5.73 Å². The highest BCUT2D eigenvalue weighted by Gasteiger charge is 2.14. The Morgan fingerprint density at radius 3 is 2.67 bits per heavy atom. The number of hydrogen-bond acceptors (Lipinski definition) is 2. The van der Waals surface area contributed by atoms with Crippen LogP contribution in [-0.4, -0.2) is 16.5 Å². The molecule has 24 heavy (non-hydrogen) atoms. The molecule has 0 saturated carbocycles. The topological polar surface area (TPSA) is 54.7 Å². The average Bonchev–Trinajstić information content (AvgIpc) is 3.00. The largest absolute Gasteiger partial charge is 0.354 e. The van der Waals surface area contributed by atoms with Crippen molar-refractivity contribution in [2.75, 3.05) is 6.54 Å². The van der Waals surface area contributed by atoms with Gasteiger partial charge in [-0.2, -0.15) is 0 Å². The molecular weight excluding hydrogens is 294 g/mol. The van der Waals surface area contributed by atoms with Crippen LogP contribution in [0, 0.1) is 0 Å². The van der Waals surface area contributed by atoms with E-state index in [0.29, 0.717) is 0 Å². The van der Waals surface area contributed by atoms with Gasteiger partial charge < -0.3 is 10.7 Å². The Morgan fingerprint density at radius 1 is 0.875 bits per heavy atom. The van der Waals surface area contributed by atoms with Gasteiger partial charge in [-0.1, -0.05) is 36.4 Å². The maximum absolute atomic E-state index is 5.69. The van der Waals surface area contributed by atoms with Gasteiger partial charge >= 0.3 is 0 Å². The van der Waals surface area contributed by atoms with E-state index in [0.717, 1.165) is 31.3 Å². The molecule has 2 aromatic heterocycles. The van der Waals surface area contributed by atoms with Crippen LogP contribution in [0.5, 0.6) is 0 Å². The van der Waals surface area contributed by atoms with E-state index in [2.05, 4.69) is 58.5 Å². The van der Waals surface area contributed by atoms with E-state index >= 15 is 0 Å². The molecule has 0 bridgehead atoms. The highest BCUT2D eigenvalue weighted by atomic mass is 14.7. The molecule has 0 aliphatic carbocycles. The van der Waals surface area contributed by atoms with E-state index in [1.54, 1.807) is 0 Å². The van der Waals surface area contributed by atoms with Gasteiger partial charge in [-0.25, -0.2) is 0 Å². The Bertz CT molecular complexity index is 979. The minimum absolute atomic E-state index is 0.746. The van der Waals surface area contributed by atoms with Gasteiger partial charge in [-0.05, 0) is 49.6 Å². The lowest BCUT2D eigenvalue weighted by molar-refractivity contribution is 0.748. The van der Waals surface area contributed by atoms with Gasteiger partial charge in [0.05, 0.1) is 11.2 Å². The third kappa shape index (κ3) is 2.57. The quantitative estimate of drug-likeness (QED) is 0.526. The maximum atomic E-state index is 5.69. The van der Waals surface area contributed by atoms with Crippen molar-refractivity contribution in [2.24, 2.45) is 5.73 Å². The molecule has 2 aromatic carbocycles. The van der Waals surface area contributed by atoms with Crippen LogP contribution in [0.15, 0.2) is 60.8 Å². The number of pyridine rings is 1. The van der Waals surface area contributed by atoms with Crippen molar-refractivity contribution < 1.29 is 0 Å². The fourth-order valence-corrected chi connectivity index (χ4v) is 3.46. The maximum Gasteiger partial charge on any atom is 0.0708 e. The van der Waals surface area contributed by atoms with Gasteiger partial charge in [0.2, 0.25) is 0 Å². The van der Waals surface area contributed by atoms with Crippen molar-refractivity contribution in [3.63, 3.8) is 0 Å². The molecule has 0 atom stereocenters. The SMILES string of the molecule is NCCCCc1c(-c2cccc3ncccc23)[nH]c2ccccc12. The summed E-state index contributed by atoms with van der Waals surface area (Å²) in [5.74, 6) is 0. The molecule has 0 aliphatic heterocycles. The molecule has 120 valence electrons. The zero-order valence-corrected chi connectivity index (χ0v) is 13.6. The Kier molecular flexibility index (Phi) is 4.01. The second-order valence-corrected chi connectivity index (χ2v) is 6.15. The third-order valence-electron chi connectivity index (χ3n) is 4.61. The third-order valence-corrected chi connectivity index (χ3v) is 4.61. The molecular formula is C21H21N3. The molecule has 4 rings (SSSR count). The lowest BCUT2D eigenvalue weighted by Gasteiger charge is -2.08. The van der Waals surface area contributed by atoms with Gasteiger partial charge in [0.15, 0.2) is 0 Å². The van der Waals surface area contributed by atoms with Gasteiger partial charge in [-0.3, -0.25) is 4.98 Å². The van der Waals surface area contributed by atoms with Crippen LogP contribution in [-0.2, 0) is 6.42 Å². The van der Waals surface area contributed by atoms with Crippen LogP contribution in [0.25, 0.3) is 33.1 Å². The number of rotatable bonds is 5. The summed E-state index contributed by atoms with van der Waals surface area (Å²) >= 11 is 0. The number of aryl methyl sites for hydroxylation is 1. The summed E-state index contributed by atoms with van der Waals surface area (Å²) < 4.78 is 0. The standard InChI is InChI=1S/C21H21N3/c22-13-4-3-8-17-16-7-1-2-11-20(16)24-21(17)18-9-5-12-19-15(18)10-6-14-23-19/h1-2,5-7,9-12,14,24H,3-4,8,13,22H2. The Hall–Kier alpha value is -2.65. The number of nitrogens with zero attached hydrogens (tertiary/aromatic N) is 1. The van der Waals surface area contributed by atoms with Crippen LogP contribution in [0.3, 0.4) is 0 Å². The van der Waals surface area contributed by atoms with E-state index in [-0.39, 0.29) is 0 Å². The van der Waals surface area contributed by atoms with Gasteiger partial charge in [0, 0.05) is 28.0 Å². The summed E-state index contributed by atoms with van der Waals surface area (Å²) in [5, 5.41) is 2.50. The second-order valence-electron chi connectivity index (χ2n) is 6.15. The Morgan fingerprint density at radius 2 is 1.75 bits per heavy atom. The van der Waals surface area contributed by atoms with Gasteiger partial charge in [0.1, 0.15) is 0 Å². The first-order valence-corrected chi connectivity index (χ1v) is 8.52. The van der Waals surface area contributed by atoms with Crippen LogP contribution in [0.4, 0.5) is 0 Å². The highest BCUT2D eigenvalue weighted by molar-refractivity contribution is 5.99. The van der Waals surface area contributed by atoms with Crippen molar-refractivity contribution in [3.8, 4) is 11.3 Å². The fraction of sp³-hybridized carbons (Fsp3) is 0.190. The normalized spacial score (nSPS) is 11.4. The van der Waals surface area contributed by atoms with Crippen molar-refractivity contribution in [1.82, 2.24) is 9.97 Å². The first kappa shape index (κ1) is 14.9. The highest BCUT2D eigenvalue weighted by Crippen LogP contribution is 2.34. The molecule has 0 radical (unpaired) electrons. The minimum atomic E-state index is 0.746. The number of aromatic amines is 1. The molecule has 3 nitrogen and oxygen atoms in total. The molecule has 2 heterocycles. The summed E-state index contributed by atoms with van der Waals surface area (Å²) in [6, 6.07) is 19.0. The van der Waals surface area contributed by atoms with Gasteiger partial charge in [-0.15, -0.1) is 0 Å². The number of H-pyrrole nitrogens is 1. The van der Waals surface area contributed by atoms with E-state index in [9.17, 15) is 0 Å². The first-order chi connectivity index (χ1) is 11.9. The van der Waals surface area contributed by atoms with E-state index in [4.69, 9.17) is 5.73 Å². The molecule has 0 aliphatic rings. The first-order valence-electron chi connectivity index (χ1n) is 8.52. The predicted octanol–water partition coefficient (Wildman–Crippen LogP) is 4.66. The summed E-state index contributed by atoms with van der Waals surface area (Å²) in [7, 11) is 0. The van der Waals surface area contributed by atoms with Crippen LogP contribution in [0.1, 0.15) is 18.4 Å². The van der Waals surface area contributed by atoms with Crippen molar-refractivity contribution in [3.05, 3.63) is 66.4 Å². The van der Waals surface area contributed by atoms with Crippen molar-refractivity contribution in [2.45, 2.75) is 19.3 Å². The number of hydrogen-bond donors (Lipinski definition) is 2. The molecule has 0 fully saturated rings. The number of nitrogens with two attached hydrogens (primary N) is 1. The molecule has 3 heteroatoms. The monoisotopic (exact) mass is 315 g/mol. The van der Waals surface area contributed by atoms with Crippen molar-refractivity contribution in [1.29, 1.82) is 0 Å². The predicted molar refractivity (Wildman–Crippen MR) is 101 cm³/mol.